The lowest BCUT2D eigenvalue weighted by Gasteiger charge is -2.16. The molecule has 2 heterocycles. The minimum absolute atomic E-state index is 0.201. The van der Waals surface area contributed by atoms with Gasteiger partial charge < -0.3 is 0 Å². The molecular weight excluding hydrogens is 200 g/mol. The molecule has 0 spiro atoms. The van der Waals surface area contributed by atoms with E-state index in [1.165, 1.54) is 4.86 Å². The third-order valence-electron chi connectivity index (χ3n) is 2.49. The van der Waals surface area contributed by atoms with Crippen LogP contribution in [-0.2, 0) is 17.2 Å². The Bertz CT molecular complexity index is 250. The Morgan fingerprint density at radius 1 is 1.64 bits per heavy atom. The zero-order valence-corrected chi connectivity index (χ0v) is 9.20. The Balaban J connectivity index is 2.32. The van der Waals surface area contributed by atoms with E-state index in [4.69, 9.17) is 7.26 Å². The molecule has 2 aliphatic heterocycles. The van der Waals surface area contributed by atoms with Crippen LogP contribution in [0.4, 0.5) is 0 Å². The average molecular weight is 211 g/mol. The molecule has 2 nitrogen and oxygen atoms in total. The van der Waals surface area contributed by atoms with Gasteiger partial charge in [0, 0.05) is 13.8 Å². The first kappa shape index (κ1) is 8.44. The molecule has 5 heteroatoms. The van der Waals surface area contributed by atoms with Crippen molar-refractivity contribution in [1.82, 2.24) is 0 Å². The highest BCUT2D eigenvalue weighted by Gasteiger charge is 2.72. The Morgan fingerprint density at radius 3 is 2.82 bits per heavy atom. The van der Waals surface area contributed by atoms with Crippen molar-refractivity contribution in [1.29, 1.82) is 0 Å². The molecule has 2 atom stereocenters. The van der Waals surface area contributed by atoms with Crippen LogP contribution in [0.5, 0.6) is 0 Å². The second-order valence-electron chi connectivity index (χ2n) is 2.75. The number of fused-ring (bicyclic) bond motifs is 1. The van der Waals surface area contributed by atoms with Crippen molar-refractivity contribution in [2.45, 2.75) is 24.9 Å². The summed E-state index contributed by atoms with van der Waals surface area (Å²) >= 11 is 2.71. The fourth-order valence-electron chi connectivity index (χ4n) is 1.49. The minimum atomic E-state index is -0.872. The van der Waals surface area contributed by atoms with Crippen LogP contribution in [0.25, 0.3) is 0 Å². The highest BCUT2D eigenvalue weighted by atomic mass is 32.3. The van der Waals surface area contributed by atoms with Crippen molar-refractivity contribution in [3.63, 3.8) is 0 Å². The first-order valence-corrected chi connectivity index (χ1v) is 6.66. The normalized spacial score (nSPS) is 48.8. The number of rotatable bonds is 1. The maximum absolute atomic E-state index is 5.62. The molecule has 0 aliphatic carbocycles. The van der Waals surface area contributed by atoms with E-state index < -0.39 is 9.90 Å². The molecule has 64 valence electrons. The van der Waals surface area contributed by atoms with Crippen molar-refractivity contribution >= 4 is 39.1 Å². The van der Waals surface area contributed by atoms with Crippen LogP contribution in [0.2, 0.25) is 0 Å². The summed E-state index contributed by atoms with van der Waals surface area (Å²) in [5.41, 5.74) is 0. The van der Waals surface area contributed by atoms with E-state index in [1.54, 1.807) is 12.0 Å². The van der Waals surface area contributed by atoms with Crippen molar-refractivity contribution in [3.8, 4) is 0 Å². The lowest BCUT2D eigenvalue weighted by Crippen LogP contribution is -2.22. The molecule has 11 heavy (non-hydrogen) atoms. The maximum Gasteiger partial charge on any atom is 0.255 e. The van der Waals surface area contributed by atoms with Gasteiger partial charge in [-0.2, -0.15) is 0 Å². The molecule has 0 radical (unpaired) electrons. The Hall–Kier alpha value is 0.840. The fourth-order valence-corrected chi connectivity index (χ4v) is 8.72. The van der Waals surface area contributed by atoms with E-state index in [0.717, 1.165) is 18.1 Å². The van der Waals surface area contributed by atoms with Gasteiger partial charge in [-0.05, 0) is 6.92 Å². The zero-order valence-electron chi connectivity index (χ0n) is 6.75. The van der Waals surface area contributed by atoms with Gasteiger partial charge in [-0.15, -0.1) is 3.63 Å². The largest absolute Gasteiger partial charge is 0.255 e. The van der Waals surface area contributed by atoms with Gasteiger partial charge in [0.15, 0.2) is 4.86 Å². The van der Waals surface area contributed by atoms with Gasteiger partial charge in [0.05, 0.1) is 21.9 Å². The van der Waals surface area contributed by atoms with Gasteiger partial charge >= 0.3 is 0 Å². The summed E-state index contributed by atoms with van der Waals surface area (Å²) in [5, 5.41) is 0. The van der Waals surface area contributed by atoms with E-state index >= 15 is 0 Å². The smallest absolute Gasteiger partial charge is 0.210 e. The molecule has 2 unspecified atom stereocenters. The van der Waals surface area contributed by atoms with Gasteiger partial charge in [-0.25, -0.2) is 3.63 Å². The van der Waals surface area contributed by atoms with E-state index in [1.807, 2.05) is 0 Å². The molecule has 1 fully saturated rings. The van der Waals surface area contributed by atoms with Crippen LogP contribution in [0.15, 0.2) is 0 Å². The predicted molar refractivity (Wildman–Crippen MR) is 54.3 cm³/mol. The summed E-state index contributed by atoms with van der Waals surface area (Å²) in [5.74, 6) is 1.12. The van der Waals surface area contributed by atoms with E-state index in [-0.39, 0.29) is 4.08 Å². The highest BCUT2D eigenvalue weighted by molar-refractivity contribution is 8.36. The number of hydrogen-bond donors (Lipinski definition) is 0. The van der Waals surface area contributed by atoms with Crippen LogP contribution in [-0.4, -0.2) is 14.7 Å². The van der Waals surface area contributed by atoms with Crippen LogP contribution < -0.4 is 0 Å². The molecule has 0 amide bonds. The average Bonchev–Trinajstić information content (AvgIpc) is 2.52. The summed E-state index contributed by atoms with van der Waals surface area (Å²) in [6, 6.07) is 0. The Labute approximate surface area is 77.1 Å². The van der Waals surface area contributed by atoms with Crippen molar-refractivity contribution in [2.75, 3.05) is 5.75 Å². The second-order valence-corrected chi connectivity index (χ2v) is 8.58. The lowest BCUT2D eigenvalue weighted by molar-refractivity contribution is 0.608. The molecule has 2 rings (SSSR count). The predicted octanol–water partition coefficient (Wildman–Crippen LogP) is 2.26. The standard InChI is InChI=1S/C6H11O2S3/c1-4-11-5(2)6(11,3)9-7-10-8-11/h4H2,1-3H3/q+1. The molecule has 0 aromatic heterocycles. The highest BCUT2D eigenvalue weighted by Crippen LogP contribution is 2.59. The van der Waals surface area contributed by atoms with Gasteiger partial charge in [0.2, 0.25) is 12.3 Å². The van der Waals surface area contributed by atoms with E-state index in [0.29, 0.717) is 0 Å². The third kappa shape index (κ3) is 0.836. The van der Waals surface area contributed by atoms with E-state index in [9.17, 15) is 0 Å². The fraction of sp³-hybridized carbons (Fsp3) is 0.833. The monoisotopic (exact) mass is 211 g/mol. The molecule has 0 bridgehead atoms. The first-order valence-electron chi connectivity index (χ1n) is 3.52. The summed E-state index contributed by atoms with van der Waals surface area (Å²) in [6.45, 7) is 6.59. The van der Waals surface area contributed by atoms with Gasteiger partial charge in [0.25, 0.3) is 4.08 Å². The van der Waals surface area contributed by atoms with Crippen molar-refractivity contribution in [3.05, 3.63) is 0 Å². The first-order chi connectivity index (χ1) is 5.17. The molecule has 1 saturated heterocycles. The van der Waals surface area contributed by atoms with Crippen molar-refractivity contribution < 1.29 is 7.26 Å². The number of hydrogen-bond acceptors (Lipinski definition) is 4. The summed E-state index contributed by atoms with van der Waals surface area (Å²) < 4.78 is 11.0. The molecule has 0 aromatic carbocycles. The van der Waals surface area contributed by atoms with Gasteiger partial charge in [-0.3, -0.25) is 0 Å². The molecule has 0 saturated carbocycles. The lowest BCUT2D eigenvalue weighted by atomic mass is 10.4. The third-order valence-corrected chi connectivity index (χ3v) is 9.48. The van der Waals surface area contributed by atoms with Crippen LogP contribution >= 0.6 is 24.4 Å². The second kappa shape index (κ2) is 2.42. The van der Waals surface area contributed by atoms with E-state index in [2.05, 4.69) is 20.8 Å². The van der Waals surface area contributed by atoms with Gasteiger partial charge in [0.1, 0.15) is 5.75 Å². The van der Waals surface area contributed by atoms with Crippen LogP contribution in [0, 0.1) is 0 Å². The van der Waals surface area contributed by atoms with Crippen LogP contribution in [0.3, 0.4) is 0 Å². The molecule has 2 aliphatic rings. The summed E-state index contributed by atoms with van der Waals surface area (Å²) in [6.07, 6.45) is 0. The summed E-state index contributed by atoms with van der Waals surface area (Å²) in [7, 11) is -0.872. The minimum Gasteiger partial charge on any atom is -0.210 e. The molecule has 0 aromatic rings. The van der Waals surface area contributed by atoms with Gasteiger partial charge in [-0.1, -0.05) is 0 Å². The van der Waals surface area contributed by atoms with Crippen molar-refractivity contribution in [2.24, 2.45) is 0 Å². The Morgan fingerprint density at radius 2 is 2.36 bits per heavy atom. The SMILES string of the molecule is CC[S+]12=C(C)C1(C)SOSO2. The maximum atomic E-state index is 5.62. The zero-order chi connectivity index (χ0) is 8.11. The molecule has 0 N–H and O–H groups in total. The summed E-state index contributed by atoms with van der Waals surface area (Å²) in [4.78, 5) is 1.49. The van der Waals surface area contributed by atoms with Crippen LogP contribution in [0.1, 0.15) is 20.8 Å². The topological polar surface area (TPSA) is 18.5 Å². The molecular formula is C6H11O2S3+. The quantitative estimate of drug-likeness (QED) is 0.376. The Kier molecular flexibility index (Phi) is 1.85.